The van der Waals surface area contributed by atoms with E-state index < -0.39 is 11.9 Å². The van der Waals surface area contributed by atoms with Gasteiger partial charge in [-0.3, -0.25) is 4.79 Å². The van der Waals surface area contributed by atoms with Crippen LogP contribution >= 0.6 is 0 Å². The van der Waals surface area contributed by atoms with Gasteiger partial charge in [0, 0.05) is 10.9 Å². The highest BCUT2D eigenvalue weighted by Crippen LogP contribution is 2.28. The van der Waals surface area contributed by atoms with Crippen LogP contribution in [0.2, 0.25) is 0 Å². The number of ether oxygens (including phenoxy) is 1. The Morgan fingerprint density at radius 2 is 1.74 bits per heavy atom. The maximum Gasteiger partial charge on any atom is 0.274 e. The SMILES string of the molecule is Cc1ccc(C)c(-c2nn(CC(O)COc3ccccc3F)c(=O)c3ccccc23)c1. The molecule has 0 saturated heterocycles. The second kappa shape index (κ2) is 8.70. The van der Waals surface area contributed by atoms with E-state index in [4.69, 9.17) is 4.74 Å². The molecule has 4 rings (SSSR count). The number of aliphatic hydroxyl groups is 1. The Bertz CT molecular complexity index is 1300. The number of aryl methyl sites for hydroxylation is 2. The topological polar surface area (TPSA) is 64.3 Å². The summed E-state index contributed by atoms with van der Waals surface area (Å²) >= 11 is 0. The number of aliphatic hydroxyl groups excluding tert-OH is 1. The lowest BCUT2D eigenvalue weighted by Gasteiger charge is -2.16. The van der Waals surface area contributed by atoms with Crippen molar-refractivity contribution in [1.29, 1.82) is 0 Å². The summed E-state index contributed by atoms with van der Waals surface area (Å²) in [6, 6.07) is 19.4. The Hall–Kier alpha value is -3.51. The molecule has 6 heteroatoms. The van der Waals surface area contributed by atoms with Crippen LogP contribution in [-0.2, 0) is 6.54 Å². The minimum Gasteiger partial charge on any atom is -0.488 e. The molecule has 0 spiro atoms. The second-order valence-electron chi connectivity index (χ2n) is 7.60. The summed E-state index contributed by atoms with van der Waals surface area (Å²) in [5.74, 6) is -0.454. The van der Waals surface area contributed by atoms with Gasteiger partial charge in [-0.25, -0.2) is 9.07 Å². The molecule has 31 heavy (non-hydrogen) atoms. The van der Waals surface area contributed by atoms with Gasteiger partial charge in [0.1, 0.15) is 12.7 Å². The largest absolute Gasteiger partial charge is 0.488 e. The van der Waals surface area contributed by atoms with E-state index in [0.29, 0.717) is 11.1 Å². The molecule has 0 amide bonds. The van der Waals surface area contributed by atoms with Crippen molar-refractivity contribution in [3.05, 3.63) is 94.0 Å². The number of halogens is 1. The molecular formula is C25H23FN2O3. The van der Waals surface area contributed by atoms with Crippen LogP contribution in [0.25, 0.3) is 22.0 Å². The van der Waals surface area contributed by atoms with Crippen LogP contribution in [0.3, 0.4) is 0 Å². The summed E-state index contributed by atoms with van der Waals surface area (Å²) in [5.41, 5.74) is 3.44. The number of nitrogens with zero attached hydrogens (tertiary/aromatic N) is 2. The molecule has 4 aromatic rings. The molecule has 0 fully saturated rings. The number of benzene rings is 3. The van der Waals surface area contributed by atoms with E-state index in [1.54, 1.807) is 24.3 Å². The minimum absolute atomic E-state index is 0.0523. The molecule has 1 unspecified atom stereocenters. The lowest BCUT2D eigenvalue weighted by Crippen LogP contribution is -2.32. The van der Waals surface area contributed by atoms with Crippen molar-refractivity contribution in [3.63, 3.8) is 0 Å². The van der Waals surface area contributed by atoms with Crippen molar-refractivity contribution in [1.82, 2.24) is 9.78 Å². The van der Waals surface area contributed by atoms with E-state index in [-0.39, 0.29) is 24.5 Å². The third-order valence-corrected chi connectivity index (χ3v) is 5.17. The maximum atomic E-state index is 13.7. The predicted molar refractivity (Wildman–Crippen MR) is 119 cm³/mol. The number of aromatic nitrogens is 2. The first kappa shape index (κ1) is 20.8. The molecule has 0 radical (unpaired) electrons. The van der Waals surface area contributed by atoms with Crippen LogP contribution in [0.1, 0.15) is 11.1 Å². The van der Waals surface area contributed by atoms with E-state index >= 15 is 0 Å². The molecular weight excluding hydrogens is 395 g/mol. The van der Waals surface area contributed by atoms with E-state index in [9.17, 15) is 14.3 Å². The highest BCUT2D eigenvalue weighted by atomic mass is 19.1. The highest BCUT2D eigenvalue weighted by molar-refractivity contribution is 5.94. The number of para-hydroxylation sites is 1. The lowest BCUT2D eigenvalue weighted by atomic mass is 9.99. The first-order chi connectivity index (χ1) is 14.9. The molecule has 1 N–H and O–H groups in total. The van der Waals surface area contributed by atoms with Crippen LogP contribution in [-0.4, -0.2) is 27.6 Å². The van der Waals surface area contributed by atoms with E-state index in [1.807, 2.05) is 44.2 Å². The zero-order valence-corrected chi connectivity index (χ0v) is 17.4. The minimum atomic E-state index is -1.04. The summed E-state index contributed by atoms with van der Waals surface area (Å²) in [4.78, 5) is 13.0. The Morgan fingerprint density at radius 1 is 1.03 bits per heavy atom. The quantitative estimate of drug-likeness (QED) is 0.508. The maximum absolute atomic E-state index is 13.7. The third-order valence-electron chi connectivity index (χ3n) is 5.17. The van der Waals surface area contributed by atoms with Crippen LogP contribution in [0.15, 0.2) is 71.5 Å². The van der Waals surface area contributed by atoms with E-state index in [0.717, 1.165) is 22.1 Å². The fourth-order valence-corrected chi connectivity index (χ4v) is 3.55. The summed E-state index contributed by atoms with van der Waals surface area (Å²) in [6.07, 6.45) is -1.04. The van der Waals surface area contributed by atoms with Crippen LogP contribution < -0.4 is 10.3 Å². The molecule has 0 aliphatic rings. The van der Waals surface area contributed by atoms with E-state index in [1.165, 1.54) is 16.8 Å². The molecule has 0 aliphatic carbocycles. The summed E-state index contributed by atoms with van der Waals surface area (Å²) in [6.45, 7) is 3.76. The second-order valence-corrected chi connectivity index (χ2v) is 7.60. The molecule has 1 atom stereocenters. The molecule has 1 heterocycles. The van der Waals surface area contributed by atoms with Gasteiger partial charge in [-0.2, -0.15) is 5.10 Å². The van der Waals surface area contributed by atoms with Crippen molar-refractivity contribution in [3.8, 4) is 17.0 Å². The number of hydrogen-bond donors (Lipinski definition) is 1. The zero-order chi connectivity index (χ0) is 22.0. The number of hydrogen-bond acceptors (Lipinski definition) is 4. The molecule has 3 aromatic carbocycles. The van der Waals surface area contributed by atoms with Crippen LogP contribution in [0, 0.1) is 19.7 Å². The molecule has 158 valence electrons. The van der Waals surface area contributed by atoms with Crippen LogP contribution in [0.5, 0.6) is 5.75 Å². The zero-order valence-electron chi connectivity index (χ0n) is 17.4. The monoisotopic (exact) mass is 418 g/mol. The van der Waals surface area contributed by atoms with Gasteiger partial charge in [-0.1, -0.05) is 48.0 Å². The predicted octanol–water partition coefficient (Wildman–Crippen LogP) is 4.26. The highest BCUT2D eigenvalue weighted by Gasteiger charge is 2.16. The Labute approximate surface area is 179 Å². The third kappa shape index (κ3) is 4.34. The van der Waals surface area contributed by atoms with Gasteiger partial charge in [0.05, 0.1) is 17.6 Å². The fourth-order valence-electron chi connectivity index (χ4n) is 3.55. The van der Waals surface area contributed by atoms with Crippen molar-refractivity contribution >= 4 is 10.8 Å². The van der Waals surface area contributed by atoms with Gasteiger partial charge >= 0.3 is 0 Å². The molecule has 0 aliphatic heterocycles. The van der Waals surface area contributed by atoms with Gasteiger partial charge in [0.2, 0.25) is 0 Å². The first-order valence-electron chi connectivity index (χ1n) is 10.1. The number of fused-ring (bicyclic) bond motifs is 1. The van der Waals surface area contributed by atoms with Crippen molar-refractivity contribution < 1.29 is 14.2 Å². The fraction of sp³-hybridized carbons (Fsp3) is 0.200. The standard InChI is InChI=1S/C25H23FN2O3/c1-16-11-12-17(2)21(13-16)24-19-7-3-4-8-20(19)25(30)28(27-24)14-18(29)15-31-23-10-6-5-9-22(23)26/h3-13,18,29H,14-15H2,1-2H3. The van der Waals surface area contributed by atoms with Crippen LogP contribution in [0.4, 0.5) is 4.39 Å². The molecule has 1 aromatic heterocycles. The Kier molecular flexibility index (Phi) is 5.82. The Balaban J connectivity index is 1.70. The van der Waals surface area contributed by atoms with Gasteiger partial charge in [-0.05, 0) is 43.7 Å². The summed E-state index contributed by atoms with van der Waals surface area (Å²) in [5, 5.41) is 16.3. The normalized spacial score (nSPS) is 12.1. The summed E-state index contributed by atoms with van der Waals surface area (Å²) in [7, 11) is 0. The average molecular weight is 418 g/mol. The molecule has 0 saturated carbocycles. The van der Waals surface area contributed by atoms with Gasteiger partial charge in [0.25, 0.3) is 5.56 Å². The lowest BCUT2D eigenvalue weighted by molar-refractivity contribution is 0.0863. The summed E-state index contributed by atoms with van der Waals surface area (Å²) < 4.78 is 20.4. The van der Waals surface area contributed by atoms with Crippen molar-refractivity contribution in [2.45, 2.75) is 26.5 Å². The van der Waals surface area contributed by atoms with E-state index in [2.05, 4.69) is 5.10 Å². The molecule has 5 nitrogen and oxygen atoms in total. The van der Waals surface area contributed by atoms with Gasteiger partial charge < -0.3 is 9.84 Å². The van der Waals surface area contributed by atoms with Crippen molar-refractivity contribution in [2.75, 3.05) is 6.61 Å². The Morgan fingerprint density at radius 3 is 2.52 bits per heavy atom. The van der Waals surface area contributed by atoms with Gasteiger partial charge in [0.15, 0.2) is 11.6 Å². The molecule has 0 bridgehead atoms. The van der Waals surface area contributed by atoms with Gasteiger partial charge in [-0.15, -0.1) is 0 Å². The average Bonchev–Trinajstić information content (AvgIpc) is 2.77. The first-order valence-corrected chi connectivity index (χ1v) is 10.1. The van der Waals surface area contributed by atoms with Crippen molar-refractivity contribution in [2.24, 2.45) is 0 Å². The smallest absolute Gasteiger partial charge is 0.274 e. The number of rotatable bonds is 6.